The lowest BCUT2D eigenvalue weighted by molar-refractivity contribution is -0.275. The smallest absolute Gasteiger partial charge is 0.405 e. The molecule has 0 atom stereocenters. The number of halogens is 6. The summed E-state index contributed by atoms with van der Waals surface area (Å²) < 4.78 is 121. The molecule has 1 saturated carbocycles. The highest BCUT2D eigenvalue weighted by atomic mass is 19.4. The van der Waals surface area contributed by atoms with Gasteiger partial charge in [-0.05, 0) is 228 Å². The predicted molar refractivity (Wildman–Crippen MR) is 552 cm³/mol. The first-order valence-electron chi connectivity index (χ1n) is 47.2. The normalized spacial score (nSPS) is 11.9. The van der Waals surface area contributed by atoms with Gasteiger partial charge in [-0.1, -0.05) is 121 Å². The zero-order chi connectivity index (χ0) is 105. The Bertz CT molecular complexity index is 7220. The molecule has 0 unspecified atom stereocenters. The third-order valence-electron chi connectivity index (χ3n) is 24.3. The number of pyridine rings is 3. The van der Waals surface area contributed by atoms with Crippen molar-refractivity contribution in [3.05, 3.63) is 356 Å². The first-order valence-corrected chi connectivity index (χ1v) is 47.2. The van der Waals surface area contributed by atoms with Gasteiger partial charge in [-0.15, -0.1) is 26.3 Å². The molecule has 0 saturated heterocycles. The van der Waals surface area contributed by atoms with Gasteiger partial charge in [-0.25, -0.2) is 37.9 Å². The minimum absolute atomic E-state index is 0.145. The molecule has 0 aliphatic heterocycles. The van der Waals surface area contributed by atoms with Crippen LogP contribution in [0.4, 0.5) is 68.8 Å². The number of nitrogens with zero attached hydrogens (tertiary/aromatic N) is 13. The zero-order valence-electron chi connectivity index (χ0n) is 84.2. The second kappa shape index (κ2) is 49.3. The van der Waals surface area contributed by atoms with Crippen LogP contribution in [0.25, 0.3) is 67.8 Å². The molecule has 148 heavy (non-hydrogen) atoms. The largest absolute Gasteiger partial charge is 0.573 e. The van der Waals surface area contributed by atoms with E-state index in [9.17, 15) is 45.5 Å². The van der Waals surface area contributed by atoms with Crippen molar-refractivity contribution in [2.45, 2.75) is 146 Å². The van der Waals surface area contributed by atoms with Gasteiger partial charge in [0.25, 0.3) is 0 Å². The molecule has 768 valence electrons. The van der Waals surface area contributed by atoms with Crippen LogP contribution in [-0.2, 0) is 88.9 Å². The van der Waals surface area contributed by atoms with Crippen LogP contribution in [0.1, 0.15) is 114 Å². The summed E-state index contributed by atoms with van der Waals surface area (Å²) in [4.78, 5) is 65.3. The Kier molecular flexibility index (Phi) is 35.6. The van der Waals surface area contributed by atoms with E-state index in [1.807, 2.05) is 238 Å². The molecule has 8 heterocycles. The number of carbonyl (C=O) groups is 4. The zero-order valence-corrected chi connectivity index (χ0v) is 84.2. The summed E-state index contributed by atoms with van der Waals surface area (Å²) in [5, 5.41) is 46.2. The second-order valence-electron chi connectivity index (χ2n) is 35.0. The standard InChI is InChI=1S/C31H35N5O3.C27H26F3N5O3.C27H29N5O2.C25H25F3N6O3/c1-21-11-13-24(18-32-21)28-22(2)29(36(35-28)26-9-6-5-7-10-26)34-30(37)33-19-25-17-23(20-38-3)12-14-27(25)31(39-4)15-8-16-31;1-17-9-11-20(14-31-17)24-18(2)25(35(34-24)22-7-5-4-6-8-22)33-26(36)32-15-21-13-19(16-37-3)10-12-23(21)38-27(28,29)30;1-18-10-12-21(17-34-4)14-23(18)16-29-27(33)30-26-20(3)25(22-13-11-19(2)28-15-22)31-32(26)24-8-6-5-7-9-24;1-16-22(19-13-30-33(2)14-19)32-34(20-7-5-4-6-8-20)23(16)31-24(35)29-12-18-11-17(15-36-3)9-10-21(18)37-25(26,27)28/h5-7,9-14,17-18H,8,15-16,19-20H2,1-4H3,(H2,33,34,37);4-14H,15-16H2,1-3H3,(H2,32,33,36);5-15H,16-17H2,1-4H3,(H2,29,30,33);4-11,13-14H,12,15H2,1-3H3,(H2,29,31,35). The Labute approximate surface area is 852 Å². The number of carbonyl (C=O) groups excluding carboxylic acids is 4. The maximum Gasteiger partial charge on any atom is 0.573 e. The molecule has 8 aromatic carbocycles. The van der Waals surface area contributed by atoms with Gasteiger partial charge in [0.05, 0.1) is 78.1 Å². The summed E-state index contributed by atoms with van der Waals surface area (Å²) in [6.45, 7) is 17.1. The fourth-order valence-corrected chi connectivity index (χ4v) is 16.6. The molecule has 0 radical (unpaired) electrons. The van der Waals surface area contributed by atoms with E-state index in [-0.39, 0.29) is 55.1 Å². The van der Waals surface area contributed by atoms with Gasteiger partial charge in [0.15, 0.2) is 0 Å². The van der Waals surface area contributed by atoms with Crippen molar-refractivity contribution in [3.63, 3.8) is 0 Å². The van der Waals surface area contributed by atoms with Crippen LogP contribution >= 0.6 is 0 Å². The summed E-state index contributed by atoms with van der Waals surface area (Å²) in [5.74, 6) is 1.22. The van der Waals surface area contributed by atoms with E-state index in [0.717, 1.165) is 126 Å². The Hall–Kier alpha value is -16.7. The highest BCUT2D eigenvalue weighted by Crippen LogP contribution is 2.46. The first-order chi connectivity index (χ1) is 71.2. The number of nitrogens with one attached hydrogen (secondary N) is 8. The van der Waals surface area contributed by atoms with Crippen molar-refractivity contribution < 1.29 is 78.7 Å². The number of aromatic nitrogens is 13. The van der Waals surface area contributed by atoms with Gasteiger partial charge in [0.2, 0.25) is 0 Å². The number of urea groups is 4. The van der Waals surface area contributed by atoms with E-state index in [1.54, 1.807) is 70.4 Å². The minimum Gasteiger partial charge on any atom is -0.405 e. The maximum atomic E-state index is 13.3. The molecule has 38 heteroatoms. The summed E-state index contributed by atoms with van der Waals surface area (Å²) in [6, 6.07) is 68.5. The number of para-hydroxylation sites is 4. The van der Waals surface area contributed by atoms with Crippen LogP contribution in [0.3, 0.4) is 0 Å². The van der Waals surface area contributed by atoms with Crippen LogP contribution in [0, 0.1) is 55.4 Å². The van der Waals surface area contributed by atoms with Gasteiger partial charge >= 0.3 is 36.8 Å². The molecule has 16 aromatic rings. The number of hydrogen-bond donors (Lipinski definition) is 8. The number of alkyl halides is 6. The number of methoxy groups -OCH3 is 5. The molecule has 17 rings (SSSR count). The van der Waals surface area contributed by atoms with Crippen LogP contribution in [0.5, 0.6) is 11.5 Å². The number of amides is 8. The molecule has 32 nitrogen and oxygen atoms in total. The van der Waals surface area contributed by atoms with Crippen molar-refractivity contribution in [2.24, 2.45) is 7.05 Å². The summed E-state index contributed by atoms with van der Waals surface area (Å²) >= 11 is 0. The van der Waals surface area contributed by atoms with Gasteiger partial charge in [-0.3, -0.25) is 40.9 Å². The van der Waals surface area contributed by atoms with E-state index in [4.69, 9.17) is 39.0 Å². The van der Waals surface area contributed by atoms with Crippen molar-refractivity contribution in [1.29, 1.82) is 0 Å². The van der Waals surface area contributed by atoms with E-state index >= 15 is 0 Å². The van der Waals surface area contributed by atoms with Gasteiger partial charge in [-0.2, -0.15) is 25.5 Å². The maximum absolute atomic E-state index is 13.3. The molecule has 8 amide bonds. The van der Waals surface area contributed by atoms with Crippen molar-refractivity contribution >= 4 is 47.4 Å². The number of ether oxygens (including phenoxy) is 7. The Morgan fingerprint density at radius 3 is 0.932 bits per heavy atom. The topological polar surface area (TPSA) is 357 Å². The van der Waals surface area contributed by atoms with E-state index < -0.39 is 36.3 Å². The Morgan fingerprint density at radius 1 is 0.351 bits per heavy atom. The van der Waals surface area contributed by atoms with Crippen LogP contribution in [-0.4, -0.2) is 136 Å². The van der Waals surface area contributed by atoms with E-state index in [2.05, 4.69) is 101 Å². The number of aryl methyl sites for hydroxylation is 5. The number of benzene rings is 8. The lowest BCUT2D eigenvalue weighted by atomic mass is 9.73. The molecule has 8 aromatic heterocycles. The predicted octanol–water partition coefficient (Wildman–Crippen LogP) is 22.2. The van der Waals surface area contributed by atoms with E-state index in [1.165, 1.54) is 50.6 Å². The number of rotatable bonds is 32. The lowest BCUT2D eigenvalue weighted by Gasteiger charge is -2.42. The second-order valence-corrected chi connectivity index (χ2v) is 35.0. The lowest BCUT2D eigenvalue weighted by Crippen LogP contribution is -2.38. The van der Waals surface area contributed by atoms with Crippen LogP contribution in [0.2, 0.25) is 0 Å². The van der Waals surface area contributed by atoms with Gasteiger partial charge in [0.1, 0.15) is 40.5 Å². The van der Waals surface area contributed by atoms with Crippen molar-refractivity contribution in [1.82, 2.24) is 85.1 Å². The molecule has 0 spiro atoms. The van der Waals surface area contributed by atoms with Crippen LogP contribution in [0.15, 0.2) is 262 Å². The molecular formula is C110H115F6N21O11. The molecule has 1 fully saturated rings. The van der Waals surface area contributed by atoms with Crippen molar-refractivity contribution in [2.75, 3.05) is 56.8 Å². The summed E-state index contributed by atoms with van der Waals surface area (Å²) in [5.41, 5.74) is 22.8. The van der Waals surface area contributed by atoms with Crippen molar-refractivity contribution in [3.8, 4) is 79.3 Å². The Balaban J connectivity index is 0.000000156. The number of hydrogen-bond acceptors (Lipinski definition) is 19. The average Bonchev–Trinajstić information content (AvgIpc) is 0.854. The summed E-state index contributed by atoms with van der Waals surface area (Å²) in [6.07, 6.45) is 2.12. The quantitative estimate of drug-likeness (QED) is 0.0182. The fourth-order valence-electron chi connectivity index (χ4n) is 16.6. The average molecular weight is 2020 g/mol. The first kappa shape index (κ1) is 107. The van der Waals surface area contributed by atoms with Gasteiger partial charge < -0.3 is 54.4 Å². The number of anilines is 4. The fraction of sp³-hybridized carbons (Fsp3) is 0.255. The minimum atomic E-state index is -4.87. The van der Waals surface area contributed by atoms with E-state index in [0.29, 0.717) is 94.6 Å². The SMILES string of the molecule is COCc1ccc(C)c(CNC(=O)Nc2c(C)c(-c3ccc(C)nc3)nn2-c2ccccc2)c1.COCc1ccc(C2(OC)CCC2)c(CNC(=O)Nc2c(C)c(-c3ccc(C)nc3)nn2-c2ccccc2)c1.COCc1ccc(OC(F)(F)F)c(CNC(=O)Nc2c(C)c(-c3ccc(C)nc3)nn2-c2ccccc2)c1.COCc1ccc(OC(F)(F)F)c(CNC(=O)Nc2c(C)c(-c3cnn(C)c3)nn2-c2ccccc2)c1. The monoisotopic (exact) mass is 2020 g/mol. The molecule has 8 N–H and O–H groups in total. The van der Waals surface area contributed by atoms with Gasteiger partial charge in [0, 0.05) is 166 Å². The van der Waals surface area contributed by atoms with Crippen LogP contribution < -0.4 is 52.0 Å². The molecule has 1 aliphatic carbocycles. The third kappa shape index (κ3) is 27.7. The molecule has 1 aliphatic rings. The Morgan fingerprint density at radius 2 is 0.649 bits per heavy atom. The highest BCUT2D eigenvalue weighted by molar-refractivity contribution is 5.94. The highest BCUT2D eigenvalue weighted by Gasteiger charge is 2.41. The third-order valence-corrected chi connectivity index (χ3v) is 24.3. The molecular weight excluding hydrogens is 1910 g/mol. The summed E-state index contributed by atoms with van der Waals surface area (Å²) in [7, 11) is 9.86. The molecule has 0 bridgehead atoms.